The van der Waals surface area contributed by atoms with E-state index in [9.17, 15) is 4.79 Å². The third kappa shape index (κ3) is 5.93. The highest BCUT2D eigenvalue weighted by Crippen LogP contribution is 2.20. The smallest absolute Gasteiger partial charge is 0.252 e. The van der Waals surface area contributed by atoms with E-state index in [0.29, 0.717) is 12.3 Å². The number of ether oxygens (including phenoxy) is 2. The number of anilines is 1. The summed E-state index contributed by atoms with van der Waals surface area (Å²) in [5.41, 5.74) is 4.73. The molecular weight excluding hydrogens is 368 g/mol. The number of aromatic nitrogens is 2. The van der Waals surface area contributed by atoms with E-state index in [1.54, 1.807) is 13.3 Å². The molecule has 0 fully saturated rings. The fraction of sp³-hybridized carbons (Fsp3) is 0.227. The van der Waals surface area contributed by atoms with Crippen LogP contribution in [0.2, 0.25) is 0 Å². The minimum atomic E-state index is -0.269. The average Bonchev–Trinajstić information content (AvgIpc) is 2.74. The zero-order valence-electron chi connectivity index (χ0n) is 16.5. The van der Waals surface area contributed by atoms with Crippen molar-refractivity contribution in [3.05, 3.63) is 70.5 Å². The molecule has 0 atom stereocenters. The average molecular weight is 392 g/mol. The molecule has 150 valence electrons. The number of benzene rings is 2. The number of hydrogen-bond donors (Lipinski definition) is 2. The maximum Gasteiger partial charge on any atom is 0.252 e. The van der Waals surface area contributed by atoms with Crippen molar-refractivity contribution < 1.29 is 9.47 Å². The molecule has 0 saturated carbocycles. The normalized spacial score (nSPS) is 10.8. The minimum Gasteiger partial charge on any atom is -0.497 e. The Labute approximate surface area is 169 Å². The molecule has 0 aliphatic heterocycles. The first-order chi connectivity index (χ1) is 14.2. The lowest BCUT2D eigenvalue weighted by atomic mass is 10.1. The SMILES string of the molecule is CCCCOc1cccc(/C=N\Nc2nc(-c3ccc(OC)cc3)cc(=O)[nH]2)c1. The first-order valence-electron chi connectivity index (χ1n) is 9.45. The van der Waals surface area contributed by atoms with Crippen molar-refractivity contribution in [3.63, 3.8) is 0 Å². The lowest BCUT2D eigenvalue weighted by molar-refractivity contribution is 0.309. The molecule has 0 aliphatic rings. The molecule has 29 heavy (non-hydrogen) atoms. The van der Waals surface area contributed by atoms with Gasteiger partial charge in [-0.25, -0.2) is 10.4 Å². The number of hydrogen-bond acceptors (Lipinski definition) is 6. The Balaban J connectivity index is 1.69. The second kappa shape index (κ2) is 10.1. The molecule has 1 aromatic heterocycles. The van der Waals surface area contributed by atoms with Crippen LogP contribution in [-0.2, 0) is 0 Å². The molecule has 0 aliphatic carbocycles. The Kier molecular flexibility index (Phi) is 7.00. The second-order valence-corrected chi connectivity index (χ2v) is 6.35. The maximum absolute atomic E-state index is 12.0. The van der Waals surface area contributed by atoms with Crippen LogP contribution < -0.4 is 20.5 Å². The maximum atomic E-state index is 12.0. The van der Waals surface area contributed by atoms with Gasteiger partial charge in [0, 0.05) is 11.6 Å². The summed E-state index contributed by atoms with van der Waals surface area (Å²) in [6.07, 6.45) is 3.75. The summed E-state index contributed by atoms with van der Waals surface area (Å²) in [6, 6.07) is 16.4. The highest BCUT2D eigenvalue weighted by atomic mass is 16.5. The van der Waals surface area contributed by atoms with Crippen molar-refractivity contribution in [2.24, 2.45) is 5.10 Å². The molecule has 2 aromatic carbocycles. The van der Waals surface area contributed by atoms with Gasteiger partial charge in [-0.15, -0.1) is 0 Å². The molecule has 0 unspecified atom stereocenters. The van der Waals surface area contributed by atoms with Gasteiger partial charge >= 0.3 is 0 Å². The van der Waals surface area contributed by atoms with Gasteiger partial charge in [0.05, 0.1) is 25.6 Å². The molecule has 3 aromatic rings. The zero-order valence-corrected chi connectivity index (χ0v) is 16.5. The molecule has 0 saturated heterocycles. The number of nitrogens with one attached hydrogen (secondary N) is 2. The van der Waals surface area contributed by atoms with Crippen LogP contribution in [0.1, 0.15) is 25.3 Å². The summed E-state index contributed by atoms with van der Waals surface area (Å²) in [6.45, 7) is 2.82. The highest BCUT2D eigenvalue weighted by Gasteiger charge is 2.04. The van der Waals surface area contributed by atoms with Gasteiger partial charge in [-0.3, -0.25) is 9.78 Å². The van der Waals surface area contributed by atoms with Gasteiger partial charge in [-0.2, -0.15) is 5.10 Å². The Hall–Kier alpha value is -3.61. The third-order valence-electron chi connectivity index (χ3n) is 4.14. The first kappa shape index (κ1) is 20.1. The van der Waals surface area contributed by atoms with Crippen LogP contribution in [0, 0.1) is 0 Å². The predicted molar refractivity (Wildman–Crippen MR) is 115 cm³/mol. The summed E-state index contributed by atoms with van der Waals surface area (Å²) in [7, 11) is 1.60. The molecule has 0 spiro atoms. The second-order valence-electron chi connectivity index (χ2n) is 6.35. The Morgan fingerprint density at radius 1 is 1.14 bits per heavy atom. The van der Waals surface area contributed by atoms with Gasteiger partial charge in [0.2, 0.25) is 5.95 Å². The van der Waals surface area contributed by atoms with Gasteiger partial charge in [0.15, 0.2) is 0 Å². The van der Waals surface area contributed by atoms with E-state index in [2.05, 4.69) is 27.4 Å². The lowest BCUT2D eigenvalue weighted by Gasteiger charge is -2.06. The number of hydrazone groups is 1. The van der Waals surface area contributed by atoms with Gasteiger partial charge in [-0.1, -0.05) is 25.5 Å². The molecule has 7 nitrogen and oxygen atoms in total. The van der Waals surface area contributed by atoms with E-state index in [1.807, 2.05) is 48.5 Å². The third-order valence-corrected chi connectivity index (χ3v) is 4.14. The van der Waals surface area contributed by atoms with Crippen LogP contribution in [-0.4, -0.2) is 29.9 Å². The fourth-order valence-corrected chi connectivity index (χ4v) is 2.61. The fourth-order valence-electron chi connectivity index (χ4n) is 2.61. The van der Waals surface area contributed by atoms with Crippen LogP contribution in [0.25, 0.3) is 11.3 Å². The van der Waals surface area contributed by atoms with Crippen LogP contribution in [0.5, 0.6) is 11.5 Å². The summed E-state index contributed by atoms with van der Waals surface area (Å²) in [5.74, 6) is 1.80. The van der Waals surface area contributed by atoms with Crippen molar-refractivity contribution in [1.82, 2.24) is 9.97 Å². The number of nitrogens with zero attached hydrogens (tertiary/aromatic N) is 2. The first-order valence-corrected chi connectivity index (χ1v) is 9.45. The number of H-pyrrole nitrogens is 1. The van der Waals surface area contributed by atoms with Crippen molar-refractivity contribution >= 4 is 12.2 Å². The monoisotopic (exact) mass is 392 g/mol. The molecule has 0 amide bonds. The van der Waals surface area contributed by atoms with Gasteiger partial charge in [-0.05, 0) is 48.4 Å². The quantitative estimate of drug-likeness (QED) is 0.326. The predicted octanol–water partition coefficient (Wildman–Crippen LogP) is 4.07. The Morgan fingerprint density at radius 3 is 2.72 bits per heavy atom. The van der Waals surface area contributed by atoms with Gasteiger partial charge in [0.25, 0.3) is 5.56 Å². The topological polar surface area (TPSA) is 88.6 Å². The number of unbranched alkanes of at least 4 members (excludes halogenated alkanes) is 1. The van der Waals surface area contributed by atoms with Crippen molar-refractivity contribution in [3.8, 4) is 22.8 Å². The summed E-state index contributed by atoms with van der Waals surface area (Å²) in [4.78, 5) is 19.0. The standard InChI is InChI=1S/C22H24N4O3/c1-3-4-12-29-19-7-5-6-16(13-19)15-23-26-22-24-20(14-21(27)25-22)17-8-10-18(28-2)11-9-17/h5-11,13-15H,3-4,12H2,1-2H3,(H2,24,25,26,27)/b23-15-. The number of rotatable bonds is 9. The van der Waals surface area contributed by atoms with Crippen molar-refractivity contribution in [2.45, 2.75) is 19.8 Å². The van der Waals surface area contributed by atoms with E-state index < -0.39 is 0 Å². The van der Waals surface area contributed by atoms with E-state index in [4.69, 9.17) is 9.47 Å². The lowest BCUT2D eigenvalue weighted by Crippen LogP contribution is -2.10. The molecule has 2 N–H and O–H groups in total. The van der Waals surface area contributed by atoms with Gasteiger partial charge < -0.3 is 9.47 Å². The van der Waals surface area contributed by atoms with Crippen molar-refractivity contribution in [2.75, 3.05) is 19.1 Å². The summed E-state index contributed by atoms with van der Waals surface area (Å²) in [5, 5.41) is 4.17. The van der Waals surface area contributed by atoms with E-state index in [1.165, 1.54) is 6.07 Å². The summed E-state index contributed by atoms with van der Waals surface area (Å²) < 4.78 is 10.9. The van der Waals surface area contributed by atoms with Crippen LogP contribution in [0.3, 0.4) is 0 Å². The van der Waals surface area contributed by atoms with Gasteiger partial charge in [0.1, 0.15) is 11.5 Å². The molecule has 7 heteroatoms. The largest absolute Gasteiger partial charge is 0.497 e. The Morgan fingerprint density at radius 2 is 1.97 bits per heavy atom. The number of aromatic amines is 1. The van der Waals surface area contributed by atoms with Crippen molar-refractivity contribution in [1.29, 1.82) is 0 Å². The van der Waals surface area contributed by atoms with E-state index in [-0.39, 0.29) is 11.5 Å². The van der Waals surface area contributed by atoms with Crippen LogP contribution in [0.4, 0.5) is 5.95 Å². The van der Waals surface area contributed by atoms with Crippen LogP contribution in [0.15, 0.2) is 64.5 Å². The molecule has 0 radical (unpaired) electrons. The molecule has 3 rings (SSSR count). The Bertz CT molecular complexity index is 1010. The summed E-state index contributed by atoms with van der Waals surface area (Å²) >= 11 is 0. The number of methoxy groups -OCH3 is 1. The molecule has 1 heterocycles. The molecular formula is C22H24N4O3. The van der Waals surface area contributed by atoms with E-state index in [0.717, 1.165) is 35.5 Å². The molecule has 0 bridgehead atoms. The highest BCUT2D eigenvalue weighted by molar-refractivity contribution is 5.80. The van der Waals surface area contributed by atoms with E-state index >= 15 is 0 Å². The minimum absolute atomic E-state index is 0.259. The zero-order chi connectivity index (χ0) is 20.5. The van der Waals surface area contributed by atoms with Crippen LogP contribution >= 0.6 is 0 Å².